The summed E-state index contributed by atoms with van der Waals surface area (Å²) in [6, 6.07) is 14.9. The van der Waals surface area contributed by atoms with Crippen LogP contribution in [0.25, 0.3) is 0 Å². The van der Waals surface area contributed by atoms with Crippen LogP contribution in [0.1, 0.15) is 10.9 Å². The summed E-state index contributed by atoms with van der Waals surface area (Å²) in [7, 11) is 1.62. The number of rotatable bonds is 3. The molecule has 0 radical (unpaired) electrons. The number of methoxy groups -OCH3 is 1. The van der Waals surface area contributed by atoms with E-state index in [9.17, 15) is 4.79 Å². The summed E-state index contributed by atoms with van der Waals surface area (Å²) in [5, 5.41) is 1.27. The molecule has 2 aliphatic rings. The molecule has 2 aliphatic heterocycles. The van der Waals surface area contributed by atoms with E-state index >= 15 is 0 Å². The number of carbonyl (C=O) groups excluding carboxylic acids is 1. The van der Waals surface area contributed by atoms with Crippen LogP contribution in [0.2, 0.25) is 5.02 Å². The topological polar surface area (TPSA) is 32.8 Å². The number of halogens is 1. The maximum absolute atomic E-state index is 12.9. The average Bonchev–Trinajstić information content (AvgIpc) is 3.17. The Bertz CT molecular complexity index is 826. The van der Waals surface area contributed by atoms with Gasteiger partial charge in [-0.2, -0.15) is 0 Å². The lowest BCUT2D eigenvalue weighted by Crippen LogP contribution is -2.33. The average molecular weight is 391 g/mol. The molecule has 4 nitrogen and oxygen atoms in total. The van der Waals surface area contributed by atoms with Gasteiger partial charge < -0.3 is 9.64 Å². The molecule has 1 amide bonds. The highest BCUT2D eigenvalue weighted by Gasteiger charge is 2.50. The van der Waals surface area contributed by atoms with E-state index in [1.807, 2.05) is 53.4 Å². The largest absolute Gasteiger partial charge is 0.497 e. The Kier molecular flexibility index (Phi) is 4.35. The fourth-order valence-electron chi connectivity index (χ4n) is 3.14. The molecular formula is C18H15ClN2O2S2. The number of fused-ring (bicyclic) bond motifs is 1. The molecule has 0 unspecified atom stereocenters. The van der Waals surface area contributed by atoms with Crippen LogP contribution >= 0.6 is 35.6 Å². The fraction of sp³-hybridized carbons (Fsp3) is 0.222. The van der Waals surface area contributed by atoms with E-state index in [4.69, 9.17) is 28.6 Å². The first-order valence-electron chi connectivity index (χ1n) is 7.77. The van der Waals surface area contributed by atoms with Crippen molar-refractivity contribution in [1.82, 2.24) is 4.90 Å². The van der Waals surface area contributed by atoms with Crippen molar-refractivity contribution in [1.29, 1.82) is 0 Å². The Morgan fingerprint density at radius 3 is 2.48 bits per heavy atom. The monoisotopic (exact) mass is 390 g/mol. The van der Waals surface area contributed by atoms with Gasteiger partial charge in [-0.1, -0.05) is 23.7 Å². The van der Waals surface area contributed by atoms with Crippen LogP contribution in [0.3, 0.4) is 0 Å². The van der Waals surface area contributed by atoms with Gasteiger partial charge in [-0.25, -0.2) is 0 Å². The predicted octanol–water partition coefficient (Wildman–Crippen LogP) is 4.10. The molecule has 0 aromatic heterocycles. The minimum absolute atomic E-state index is 0.0270. The van der Waals surface area contributed by atoms with Gasteiger partial charge >= 0.3 is 0 Å². The predicted molar refractivity (Wildman–Crippen MR) is 105 cm³/mol. The highest BCUT2D eigenvalue weighted by molar-refractivity contribution is 7.99. The lowest BCUT2D eigenvalue weighted by molar-refractivity contribution is -0.119. The standard InChI is InChI=1S/C18H15ClN2O2S2/c1-23-14-8-6-13(7-9-14)20-16(22)15-10-25-17(21(15)18(20)24)11-2-4-12(19)5-3-11/h2-9,15,17H,10H2,1H3/t15-,17+/m0/s1. The molecule has 25 heavy (non-hydrogen) atoms. The second kappa shape index (κ2) is 6.52. The SMILES string of the molecule is COc1ccc(N2C(=O)[C@@H]3CS[C@H](c4ccc(Cl)cc4)N3C2=S)cc1. The van der Waals surface area contributed by atoms with E-state index in [-0.39, 0.29) is 17.3 Å². The van der Waals surface area contributed by atoms with Gasteiger partial charge in [0.05, 0.1) is 12.8 Å². The normalized spacial score (nSPS) is 22.5. The molecule has 2 atom stereocenters. The van der Waals surface area contributed by atoms with Crippen molar-refractivity contribution in [3.8, 4) is 5.75 Å². The van der Waals surface area contributed by atoms with Crippen LogP contribution < -0.4 is 9.64 Å². The van der Waals surface area contributed by atoms with Crippen LogP contribution in [-0.2, 0) is 4.79 Å². The zero-order valence-electron chi connectivity index (χ0n) is 13.4. The van der Waals surface area contributed by atoms with E-state index < -0.39 is 0 Å². The molecule has 0 N–H and O–H groups in total. The lowest BCUT2D eigenvalue weighted by atomic mass is 10.2. The molecule has 2 fully saturated rings. The molecule has 2 heterocycles. The Hall–Kier alpha value is -1.76. The minimum Gasteiger partial charge on any atom is -0.497 e. The molecule has 0 bridgehead atoms. The quantitative estimate of drug-likeness (QED) is 0.737. The van der Waals surface area contributed by atoms with Crippen molar-refractivity contribution in [2.45, 2.75) is 11.4 Å². The van der Waals surface area contributed by atoms with Crippen LogP contribution in [0.15, 0.2) is 48.5 Å². The van der Waals surface area contributed by atoms with Gasteiger partial charge in [0.2, 0.25) is 0 Å². The van der Waals surface area contributed by atoms with Crippen molar-refractivity contribution >= 4 is 52.3 Å². The number of nitrogens with zero attached hydrogens (tertiary/aromatic N) is 2. The van der Waals surface area contributed by atoms with Gasteiger partial charge in [0.1, 0.15) is 17.2 Å². The molecule has 0 saturated carbocycles. The second-order valence-electron chi connectivity index (χ2n) is 5.81. The lowest BCUT2D eigenvalue weighted by Gasteiger charge is -2.25. The summed E-state index contributed by atoms with van der Waals surface area (Å²) >= 11 is 13.4. The van der Waals surface area contributed by atoms with E-state index in [1.165, 1.54) is 0 Å². The highest BCUT2D eigenvalue weighted by Crippen LogP contribution is 2.46. The Morgan fingerprint density at radius 1 is 1.16 bits per heavy atom. The molecule has 0 aliphatic carbocycles. The third-order valence-corrected chi connectivity index (χ3v) is 6.37. The number of thioether (sulfide) groups is 1. The summed E-state index contributed by atoms with van der Waals surface area (Å²) in [5.41, 5.74) is 1.87. The first kappa shape index (κ1) is 16.7. The maximum Gasteiger partial charge on any atom is 0.257 e. The number of hydrogen-bond donors (Lipinski definition) is 0. The number of carbonyl (C=O) groups is 1. The first-order chi connectivity index (χ1) is 12.1. The number of amides is 1. The van der Waals surface area contributed by atoms with Crippen molar-refractivity contribution in [2.24, 2.45) is 0 Å². The van der Waals surface area contributed by atoms with Crippen molar-refractivity contribution < 1.29 is 9.53 Å². The molecule has 0 spiro atoms. The maximum atomic E-state index is 12.9. The van der Waals surface area contributed by atoms with Crippen molar-refractivity contribution in [3.05, 3.63) is 59.1 Å². The summed E-state index contributed by atoms with van der Waals surface area (Å²) in [6.45, 7) is 0. The van der Waals surface area contributed by atoms with Crippen molar-refractivity contribution in [3.63, 3.8) is 0 Å². The zero-order valence-corrected chi connectivity index (χ0v) is 15.8. The van der Waals surface area contributed by atoms with Crippen LogP contribution in [0.5, 0.6) is 5.75 Å². The number of thiocarbonyl (C=S) groups is 1. The summed E-state index contributed by atoms with van der Waals surface area (Å²) in [4.78, 5) is 16.6. The second-order valence-corrected chi connectivity index (χ2v) is 7.73. The molecule has 7 heteroatoms. The minimum atomic E-state index is -0.222. The highest BCUT2D eigenvalue weighted by atomic mass is 35.5. The number of ether oxygens (including phenoxy) is 1. The van der Waals surface area contributed by atoms with Crippen molar-refractivity contribution in [2.75, 3.05) is 17.8 Å². The Labute approximate surface area is 160 Å². The molecule has 2 aromatic rings. The van der Waals surface area contributed by atoms with Gasteiger partial charge in [0.15, 0.2) is 5.11 Å². The fourth-order valence-corrected chi connectivity index (χ4v) is 5.19. The third-order valence-electron chi connectivity index (χ3n) is 4.40. The van der Waals surface area contributed by atoms with Gasteiger partial charge in [-0.15, -0.1) is 11.8 Å². The van der Waals surface area contributed by atoms with Gasteiger partial charge in [0.25, 0.3) is 5.91 Å². The van der Waals surface area contributed by atoms with Crippen LogP contribution in [0, 0.1) is 0 Å². The molecular weight excluding hydrogens is 376 g/mol. The third kappa shape index (κ3) is 2.78. The molecule has 2 saturated heterocycles. The van der Waals surface area contributed by atoms with E-state index in [2.05, 4.69) is 0 Å². The molecule has 4 rings (SSSR count). The number of benzene rings is 2. The molecule has 2 aromatic carbocycles. The zero-order chi connectivity index (χ0) is 17.6. The van der Waals surface area contributed by atoms with E-state index in [1.54, 1.807) is 23.8 Å². The first-order valence-corrected chi connectivity index (χ1v) is 9.61. The van der Waals surface area contributed by atoms with Gasteiger partial charge in [0, 0.05) is 10.8 Å². The Balaban J connectivity index is 1.65. The summed E-state index contributed by atoms with van der Waals surface area (Å²) in [5.74, 6) is 1.49. The van der Waals surface area contributed by atoms with Crippen LogP contribution in [0.4, 0.5) is 5.69 Å². The smallest absolute Gasteiger partial charge is 0.257 e. The van der Waals surface area contributed by atoms with Crippen LogP contribution in [-0.4, -0.2) is 34.8 Å². The Morgan fingerprint density at radius 2 is 1.84 bits per heavy atom. The van der Waals surface area contributed by atoms with E-state index in [0.29, 0.717) is 10.1 Å². The molecule has 128 valence electrons. The number of anilines is 1. The van der Waals surface area contributed by atoms with Gasteiger partial charge in [-0.05, 0) is 54.2 Å². The van der Waals surface area contributed by atoms with Gasteiger partial charge in [-0.3, -0.25) is 9.69 Å². The summed E-state index contributed by atoms with van der Waals surface area (Å²) in [6.07, 6.45) is 0. The number of hydrogen-bond acceptors (Lipinski definition) is 4. The van der Waals surface area contributed by atoms with E-state index in [0.717, 1.165) is 22.8 Å². The summed E-state index contributed by atoms with van der Waals surface area (Å²) < 4.78 is 5.18.